The topological polar surface area (TPSA) is 118 Å². The summed E-state index contributed by atoms with van der Waals surface area (Å²) >= 11 is 0. The normalized spacial score (nSPS) is 9.00. The van der Waals surface area contributed by atoms with E-state index in [0.29, 0.717) is 11.0 Å². The summed E-state index contributed by atoms with van der Waals surface area (Å²) in [4.78, 5) is 0. The van der Waals surface area contributed by atoms with Gasteiger partial charge < -0.3 is 24.5 Å². The van der Waals surface area contributed by atoms with Crippen LogP contribution in [-0.2, 0) is 0 Å². The van der Waals surface area contributed by atoms with E-state index in [1.807, 2.05) is 6.07 Å². The van der Waals surface area contributed by atoms with Crippen LogP contribution in [0.1, 0.15) is 5.56 Å². The summed E-state index contributed by atoms with van der Waals surface area (Å²) in [5.74, 6) is 0. The van der Waals surface area contributed by atoms with Gasteiger partial charge in [-0.1, -0.05) is 12.1 Å². The molecule has 0 fully saturated rings. The fourth-order valence-corrected chi connectivity index (χ4v) is 1.17. The smallest absolute Gasteiger partial charge is 0.473 e. The third-order valence-electron chi connectivity index (χ3n) is 2.14. The van der Waals surface area contributed by atoms with Crippen molar-refractivity contribution in [2.24, 2.45) is 0 Å². The van der Waals surface area contributed by atoms with Crippen molar-refractivity contribution >= 4 is 25.4 Å². The van der Waals surface area contributed by atoms with Gasteiger partial charge in [-0.05, 0) is 29.7 Å². The van der Waals surface area contributed by atoms with Crippen molar-refractivity contribution in [3.05, 3.63) is 48.2 Å². The second-order valence-corrected chi connectivity index (χ2v) is 3.50. The van der Waals surface area contributed by atoms with E-state index in [1.165, 1.54) is 36.6 Å². The van der Waals surface area contributed by atoms with Crippen molar-refractivity contribution in [3.63, 3.8) is 0 Å². The van der Waals surface area contributed by atoms with Gasteiger partial charge in [-0.15, -0.1) is 0 Å². The summed E-state index contributed by atoms with van der Waals surface area (Å²) in [6.45, 7) is 0. The van der Waals surface area contributed by atoms with E-state index >= 15 is 0 Å². The quantitative estimate of drug-likeness (QED) is 0.472. The highest BCUT2D eigenvalue weighted by molar-refractivity contribution is 6.58. The number of hydrogen-bond donors (Lipinski definition) is 4. The maximum absolute atomic E-state index is 8.66. The fourth-order valence-electron chi connectivity index (χ4n) is 1.17. The van der Waals surface area contributed by atoms with Crippen molar-refractivity contribution in [2.75, 3.05) is 0 Å². The van der Waals surface area contributed by atoms with Crippen LogP contribution >= 0.6 is 0 Å². The van der Waals surface area contributed by atoms with Gasteiger partial charge in [0.25, 0.3) is 0 Å². The Labute approximate surface area is 110 Å². The first-order valence-corrected chi connectivity index (χ1v) is 5.30. The molecule has 96 valence electrons. The monoisotopic (exact) mass is 259 g/mol. The maximum atomic E-state index is 8.66. The molecule has 1 aromatic heterocycles. The maximum Gasteiger partial charge on any atom is 0.526 e. The first kappa shape index (κ1) is 15.0. The van der Waals surface area contributed by atoms with Crippen LogP contribution in [0.4, 0.5) is 0 Å². The summed E-state index contributed by atoms with van der Waals surface area (Å²) in [6.07, 6.45) is 1.38. The lowest BCUT2D eigenvalue weighted by atomic mass is 9.80. The Balaban J connectivity index is 0.000000200. The van der Waals surface area contributed by atoms with E-state index in [1.54, 1.807) is 6.07 Å². The first-order valence-electron chi connectivity index (χ1n) is 5.30. The molecular weight excluding hydrogens is 248 g/mol. The molecule has 0 aliphatic heterocycles. The number of hydrogen-bond acceptors (Lipinski definition) is 6. The van der Waals surface area contributed by atoms with Crippen LogP contribution in [0.5, 0.6) is 0 Å². The second kappa shape index (κ2) is 7.41. The Bertz CT molecular complexity index is 519. The molecule has 0 atom stereocenters. The molecule has 0 amide bonds. The zero-order chi connectivity index (χ0) is 14.3. The molecule has 1 aromatic carbocycles. The Morgan fingerprint density at radius 3 is 1.89 bits per heavy atom. The molecule has 4 N–H and O–H groups in total. The van der Waals surface area contributed by atoms with Crippen molar-refractivity contribution in [1.29, 1.82) is 5.26 Å². The van der Waals surface area contributed by atoms with Crippen LogP contribution in [0.2, 0.25) is 0 Å². The summed E-state index contributed by atoms with van der Waals surface area (Å²) in [5, 5.41) is 42.5. The van der Waals surface area contributed by atoms with Crippen molar-refractivity contribution < 1.29 is 24.5 Å². The minimum atomic E-state index is -1.48. The molecule has 6 nitrogen and oxygen atoms in total. The van der Waals surface area contributed by atoms with E-state index < -0.39 is 14.2 Å². The average molecular weight is 259 g/mol. The lowest BCUT2D eigenvalue weighted by Crippen LogP contribution is -2.29. The summed E-state index contributed by atoms with van der Waals surface area (Å²) in [7, 11) is -2.94. The molecule has 2 rings (SSSR count). The molecule has 8 heteroatoms. The third-order valence-corrected chi connectivity index (χ3v) is 2.14. The summed E-state index contributed by atoms with van der Waals surface area (Å²) in [6, 6.07) is 11.1. The Morgan fingerprint density at radius 1 is 0.947 bits per heavy atom. The van der Waals surface area contributed by atoms with Crippen LogP contribution in [0.25, 0.3) is 0 Å². The average Bonchev–Trinajstić information content (AvgIpc) is 2.93. The van der Waals surface area contributed by atoms with Crippen molar-refractivity contribution in [2.45, 2.75) is 0 Å². The number of rotatable bonds is 2. The predicted octanol–water partition coefficient (Wildman–Crippen LogP) is -1.80. The number of nitrogens with zero attached hydrogens (tertiary/aromatic N) is 1. The van der Waals surface area contributed by atoms with Crippen LogP contribution in [-0.4, -0.2) is 34.3 Å². The summed E-state index contributed by atoms with van der Waals surface area (Å²) in [5.41, 5.74) is 1.07. The molecule has 1 heterocycles. The van der Waals surface area contributed by atoms with E-state index in [4.69, 9.17) is 25.4 Å². The fraction of sp³-hybridized carbons (Fsp3) is 0. The molecule has 0 saturated heterocycles. The van der Waals surface area contributed by atoms with Gasteiger partial charge in [0.1, 0.15) is 5.66 Å². The Kier molecular flexibility index (Phi) is 5.85. The van der Waals surface area contributed by atoms with Crippen LogP contribution in [0, 0.1) is 11.3 Å². The van der Waals surface area contributed by atoms with Crippen LogP contribution in [0.3, 0.4) is 0 Å². The number of furan rings is 1. The van der Waals surface area contributed by atoms with E-state index in [2.05, 4.69) is 4.42 Å². The molecular formula is C11H11B2NO5. The zero-order valence-corrected chi connectivity index (χ0v) is 9.84. The highest BCUT2D eigenvalue weighted by atomic mass is 16.4. The van der Waals surface area contributed by atoms with Gasteiger partial charge in [0.05, 0.1) is 17.9 Å². The lowest BCUT2D eigenvalue weighted by molar-refractivity contribution is 0.409. The van der Waals surface area contributed by atoms with Crippen molar-refractivity contribution in [3.8, 4) is 6.07 Å². The molecule has 0 spiro atoms. The molecule has 0 unspecified atom stereocenters. The van der Waals surface area contributed by atoms with E-state index in [-0.39, 0.29) is 5.66 Å². The standard InChI is InChI=1S/C7H6BNO2.C4H5BO3/c9-5-6-1-3-7(4-2-6)8(10)11;6-5(7)4-2-1-3-8-4/h1-4,10-11H;1-3,6-7H. The first-order chi connectivity index (χ1) is 9.04. The molecule has 0 radical (unpaired) electrons. The van der Waals surface area contributed by atoms with Gasteiger partial charge in [0.2, 0.25) is 0 Å². The van der Waals surface area contributed by atoms with Crippen LogP contribution < -0.4 is 11.1 Å². The van der Waals surface area contributed by atoms with Crippen molar-refractivity contribution in [1.82, 2.24) is 0 Å². The summed E-state index contributed by atoms with van der Waals surface area (Å²) < 4.78 is 4.59. The highest BCUT2D eigenvalue weighted by Crippen LogP contribution is 1.93. The predicted molar refractivity (Wildman–Crippen MR) is 69.5 cm³/mol. The second-order valence-electron chi connectivity index (χ2n) is 3.50. The van der Waals surface area contributed by atoms with Crippen LogP contribution in [0.15, 0.2) is 47.1 Å². The third kappa shape index (κ3) is 4.99. The molecule has 0 saturated carbocycles. The SMILES string of the molecule is N#Cc1ccc(B(O)O)cc1.OB(O)c1ccco1. The van der Waals surface area contributed by atoms with Gasteiger partial charge >= 0.3 is 14.2 Å². The largest absolute Gasteiger partial charge is 0.526 e. The highest BCUT2D eigenvalue weighted by Gasteiger charge is 2.12. The number of nitriles is 1. The van der Waals surface area contributed by atoms with E-state index in [0.717, 1.165) is 0 Å². The van der Waals surface area contributed by atoms with Gasteiger partial charge in [-0.3, -0.25) is 0 Å². The molecule has 0 aliphatic rings. The van der Waals surface area contributed by atoms with Gasteiger partial charge in [-0.2, -0.15) is 5.26 Å². The Hall–Kier alpha value is -2.04. The van der Waals surface area contributed by atoms with E-state index in [9.17, 15) is 0 Å². The lowest BCUT2D eigenvalue weighted by Gasteiger charge is -1.96. The van der Waals surface area contributed by atoms with Gasteiger partial charge in [-0.25, -0.2) is 0 Å². The minimum Gasteiger partial charge on any atom is -0.473 e. The molecule has 0 aliphatic carbocycles. The van der Waals surface area contributed by atoms with Gasteiger partial charge in [0.15, 0.2) is 0 Å². The zero-order valence-electron chi connectivity index (χ0n) is 9.84. The molecule has 19 heavy (non-hydrogen) atoms. The van der Waals surface area contributed by atoms with Gasteiger partial charge in [0, 0.05) is 0 Å². The minimum absolute atomic E-state index is 0.171. The molecule has 2 aromatic rings. The molecule has 0 bridgehead atoms. The Morgan fingerprint density at radius 2 is 1.58 bits per heavy atom. The number of benzene rings is 1.